The lowest BCUT2D eigenvalue weighted by molar-refractivity contribution is 0.0992. The Hall–Kier alpha value is -4.02. The van der Waals surface area contributed by atoms with Gasteiger partial charge in [-0.2, -0.15) is 0 Å². The fourth-order valence-corrected chi connectivity index (χ4v) is 5.78. The normalized spacial score (nSPS) is 11.7. The molecule has 0 bridgehead atoms. The second-order valence-corrected chi connectivity index (χ2v) is 11.9. The van der Waals surface area contributed by atoms with Crippen molar-refractivity contribution < 1.29 is 32.8 Å². The highest BCUT2D eigenvalue weighted by Crippen LogP contribution is 2.41. The van der Waals surface area contributed by atoms with E-state index in [0.29, 0.717) is 54.8 Å². The zero-order valence-corrected chi connectivity index (χ0v) is 26.9. The van der Waals surface area contributed by atoms with E-state index in [1.165, 1.54) is 26.4 Å². The summed E-state index contributed by atoms with van der Waals surface area (Å²) in [6.45, 7) is 5.63. The molecule has 1 aromatic heterocycles. The third-order valence-electron chi connectivity index (χ3n) is 6.87. The third kappa shape index (κ3) is 9.73. The number of pyridine rings is 1. The molecule has 0 amide bonds. The second kappa shape index (κ2) is 17.5. The van der Waals surface area contributed by atoms with Crippen LogP contribution in [0.2, 0.25) is 0 Å². The smallest absolute Gasteiger partial charge is 0.183 e. The molecule has 0 spiro atoms. The van der Waals surface area contributed by atoms with Crippen LogP contribution >= 0.6 is 0 Å². The number of aliphatic hydroxyl groups is 2. The minimum Gasteiger partial charge on any atom is -0.495 e. The molecule has 0 atom stereocenters. The van der Waals surface area contributed by atoms with Crippen LogP contribution in [0, 0.1) is 6.92 Å². The van der Waals surface area contributed by atoms with E-state index >= 15 is 0 Å². The van der Waals surface area contributed by atoms with Gasteiger partial charge in [0.2, 0.25) is 0 Å². The zero-order valence-electron chi connectivity index (χ0n) is 26.1. The van der Waals surface area contributed by atoms with Crippen molar-refractivity contribution in [3.05, 3.63) is 48.0 Å². The molecule has 0 saturated carbocycles. The molecule has 15 heteroatoms. The standard InChI is InChI=1S/C30H43N7O7S/c1-5-37(12-14-38)13-18-45(40,41)26-20-24(42-3)23(19-25(26)43-4)35-36-28-21(2)27(31)29(33-22-9-7-6-8-10-22)34-30(28)32-11-16-44-17-15-39/h6-10,19-20,38-39H,5,11-18,31H2,1-4H3,(H2,32,33,34)/b36-35+. The second-order valence-electron chi connectivity index (χ2n) is 9.80. The molecule has 3 rings (SSSR count). The van der Waals surface area contributed by atoms with Crippen molar-refractivity contribution in [1.82, 2.24) is 9.88 Å². The van der Waals surface area contributed by atoms with Crippen molar-refractivity contribution >= 4 is 44.2 Å². The van der Waals surface area contributed by atoms with Gasteiger partial charge in [-0.3, -0.25) is 0 Å². The highest BCUT2D eigenvalue weighted by molar-refractivity contribution is 7.91. The van der Waals surface area contributed by atoms with E-state index in [-0.39, 0.29) is 54.2 Å². The van der Waals surface area contributed by atoms with Gasteiger partial charge in [-0.15, -0.1) is 10.2 Å². The number of para-hydroxylation sites is 1. The number of nitrogens with zero attached hydrogens (tertiary/aromatic N) is 4. The van der Waals surface area contributed by atoms with Gasteiger partial charge in [0.1, 0.15) is 27.8 Å². The highest BCUT2D eigenvalue weighted by Gasteiger charge is 2.24. The number of rotatable bonds is 19. The van der Waals surface area contributed by atoms with Gasteiger partial charge >= 0.3 is 0 Å². The molecular formula is C30H43N7O7S. The first-order chi connectivity index (χ1) is 21.7. The third-order valence-corrected chi connectivity index (χ3v) is 8.58. The predicted octanol–water partition coefficient (Wildman–Crippen LogP) is 3.66. The molecule has 0 aliphatic carbocycles. The number of azo groups is 1. The number of nitrogen functional groups attached to an aromatic ring is 1. The average Bonchev–Trinajstić information content (AvgIpc) is 3.05. The van der Waals surface area contributed by atoms with Gasteiger partial charge in [0.05, 0.1) is 52.1 Å². The first-order valence-corrected chi connectivity index (χ1v) is 16.1. The minimum atomic E-state index is -3.78. The van der Waals surface area contributed by atoms with Gasteiger partial charge in [-0.25, -0.2) is 13.4 Å². The Morgan fingerprint density at radius 1 is 0.978 bits per heavy atom. The molecule has 0 aliphatic rings. The van der Waals surface area contributed by atoms with Crippen LogP contribution in [0.3, 0.4) is 0 Å². The van der Waals surface area contributed by atoms with Crippen molar-refractivity contribution in [3.63, 3.8) is 0 Å². The molecule has 246 valence electrons. The number of likely N-dealkylation sites (N-methyl/N-ethyl adjacent to an activating group) is 1. The number of hydrogen-bond acceptors (Lipinski definition) is 14. The van der Waals surface area contributed by atoms with Gasteiger partial charge in [0.15, 0.2) is 21.5 Å². The Bertz CT molecular complexity index is 1520. The van der Waals surface area contributed by atoms with Crippen LogP contribution in [0.4, 0.5) is 34.4 Å². The predicted molar refractivity (Wildman–Crippen MR) is 174 cm³/mol. The summed E-state index contributed by atoms with van der Waals surface area (Å²) in [7, 11) is -0.998. The van der Waals surface area contributed by atoms with Crippen molar-refractivity contribution in [3.8, 4) is 11.5 Å². The van der Waals surface area contributed by atoms with E-state index in [0.717, 1.165) is 5.69 Å². The molecule has 0 radical (unpaired) electrons. The number of nitrogens with one attached hydrogen (secondary N) is 2. The molecule has 0 saturated heterocycles. The van der Waals surface area contributed by atoms with Crippen molar-refractivity contribution in [1.29, 1.82) is 0 Å². The Morgan fingerprint density at radius 3 is 2.36 bits per heavy atom. The summed E-state index contributed by atoms with van der Waals surface area (Å²) >= 11 is 0. The van der Waals surface area contributed by atoms with Crippen molar-refractivity contribution in [2.45, 2.75) is 18.7 Å². The van der Waals surface area contributed by atoms with E-state index in [1.807, 2.05) is 42.2 Å². The first kappa shape index (κ1) is 35.5. The first-order valence-electron chi connectivity index (χ1n) is 14.5. The Labute approximate surface area is 264 Å². The molecule has 0 aliphatic heterocycles. The van der Waals surface area contributed by atoms with E-state index in [2.05, 4.69) is 25.8 Å². The molecule has 6 N–H and O–H groups in total. The molecule has 3 aromatic rings. The molecular weight excluding hydrogens is 602 g/mol. The van der Waals surface area contributed by atoms with Crippen LogP contribution in [0.5, 0.6) is 11.5 Å². The highest BCUT2D eigenvalue weighted by atomic mass is 32.2. The minimum absolute atomic E-state index is 0.0375. The van der Waals surface area contributed by atoms with Gasteiger partial charge < -0.3 is 45.7 Å². The number of benzene rings is 2. The number of methoxy groups -OCH3 is 2. The Morgan fingerprint density at radius 2 is 1.71 bits per heavy atom. The summed E-state index contributed by atoms with van der Waals surface area (Å²) in [6, 6.07) is 12.3. The lowest BCUT2D eigenvalue weighted by Gasteiger charge is -2.19. The largest absolute Gasteiger partial charge is 0.495 e. The van der Waals surface area contributed by atoms with E-state index in [1.54, 1.807) is 6.92 Å². The van der Waals surface area contributed by atoms with E-state index in [9.17, 15) is 13.5 Å². The summed E-state index contributed by atoms with van der Waals surface area (Å²) in [5, 5.41) is 33.5. The summed E-state index contributed by atoms with van der Waals surface area (Å²) < 4.78 is 43.0. The lowest BCUT2D eigenvalue weighted by atomic mass is 10.2. The number of hydrogen-bond donors (Lipinski definition) is 5. The quantitative estimate of drug-likeness (QED) is 0.0940. The van der Waals surface area contributed by atoms with Crippen LogP contribution in [0.1, 0.15) is 12.5 Å². The lowest BCUT2D eigenvalue weighted by Crippen LogP contribution is -2.31. The van der Waals surface area contributed by atoms with E-state index in [4.69, 9.17) is 25.1 Å². The van der Waals surface area contributed by atoms with Crippen LogP contribution in [-0.4, -0.2) is 101 Å². The summed E-state index contributed by atoms with van der Waals surface area (Å²) in [6.07, 6.45) is 0. The van der Waals surface area contributed by atoms with Gasteiger partial charge in [0, 0.05) is 43.0 Å². The topological polar surface area (TPSA) is 193 Å². The summed E-state index contributed by atoms with van der Waals surface area (Å²) in [5.41, 5.74) is 8.82. The maximum Gasteiger partial charge on any atom is 0.183 e. The summed E-state index contributed by atoms with van der Waals surface area (Å²) in [4.78, 5) is 6.48. The SMILES string of the molecule is CCN(CCO)CCS(=O)(=O)c1cc(OC)c(/N=N/c2c(NCCOCCO)nc(Nc3ccccc3)c(N)c2C)cc1OC. The van der Waals surface area contributed by atoms with Gasteiger partial charge in [-0.05, 0) is 25.6 Å². The number of nitrogens with two attached hydrogens (primary N) is 1. The van der Waals surface area contributed by atoms with Gasteiger partial charge in [0.25, 0.3) is 0 Å². The van der Waals surface area contributed by atoms with E-state index < -0.39 is 9.84 Å². The van der Waals surface area contributed by atoms with Crippen LogP contribution < -0.4 is 25.8 Å². The number of sulfone groups is 1. The number of anilines is 4. The number of ether oxygens (including phenoxy) is 3. The molecule has 0 fully saturated rings. The fraction of sp³-hybridized carbons (Fsp3) is 0.433. The fourth-order valence-electron chi connectivity index (χ4n) is 4.32. The Kier molecular flexibility index (Phi) is 13.8. The van der Waals surface area contributed by atoms with Crippen molar-refractivity contribution in [2.75, 3.05) is 88.9 Å². The molecule has 2 aromatic carbocycles. The Balaban J connectivity index is 1.99. The number of aliphatic hydroxyl groups excluding tert-OH is 2. The van der Waals surface area contributed by atoms with Crippen LogP contribution in [0.15, 0.2) is 57.6 Å². The molecule has 0 unspecified atom stereocenters. The number of aromatic nitrogens is 1. The van der Waals surface area contributed by atoms with Crippen LogP contribution in [-0.2, 0) is 14.6 Å². The molecule has 14 nitrogen and oxygen atoms in total. The van der Waals surface area contributed by atoms with Crippen molar-refractivity contribution in [2.24, 2.45) is 10.2 Å². The summed E-state index contributed by atoms with van der Waals surface area (Å²) in [5.74, 6) is 0.891. The maximum atomic E-state index is 13.3. The van der Waals surface area contributed by atoms with Gasteiger partial charge in [-0.1, -0.05) is 25.1 Å². The zero-order chi connectivity index (χ0) is 32.8. The monoisotopic (exact) mass is 645 g/mol. The maximum absolute atomic E-state index is 13.3. The molecule has 1 heterocycles. The van der Waals surface area contributed by atoms with Crippen LogP contribution in [0.25, 0.3) is 0 Å². The average molecular weight is 646 g/mol. The molecule has 45 heavy (non-hydrogen) atoms.